The first-order chi connectivity index (χ1) is 9.64. The number of amides is 2. The molecule has 124 valence electrons. The Balaban J connectivity index is 4.14. The van der Waals surface area contributed by atoms with Gasteiger partial charge in [0.05, 0.1) is 5.41 Å². The number of carboxylic acid groups (broad SMARTS) is 1. The molecule has 0 rings (SSSR count). The normalized spacial score (nSPS) is 14.3. The fraction of sp³-hybridized carbons (Fsp3) is 0.867. The molecule has 1 unspecified atom stereocenters. The molecule has 0 fully saturated rings. The average molecular weight is 301 g/mol. The van der Waals surface area contributed by atoms with E-state index in [1.54, 1.807) is 13.8 Å². The van der Waals surface area contributed by atoms with Gasteiger partial charge in [-0.2, -0.15) is 0 Å². The van der Waals surface area contributed by atoms with Gasteiger partial charge in [0.1, 0.15) is 0 Å². The molecule has 1 atom stereocenters. The van der Waals surface area contributed by atoms with E-state index >= 15 is 0 Å². The molecule has 0 aliphatic rings. The number of nitrogens with zero attached hydrogens (tertiary/aromatic N) is 1. The number of carbonyl (C=O) groups excluding carboxylic acids is 1. The summed E-state index contributed by atoms with van der Waals surface area (Å²) in [6.45, 7) is 13.4. The van der Waals surface area contributed by atoms with E-state index in [-0.39, 0.29) is 12.6 Å². The van der Waals surface area contributed by atoms with Crippen molar-refractivity contribution in [1.82, 2.24) is 15.5 Å². The minimum absolute atomic E-state index is 0.128. The van der Waals surface area contributed by atoms with E-state index < -0.39 is 11.4 Å². The summed E-state index contributed by atoms with van der Waals surface area (Å²) in [6, 6.07) is 0.527. The minimum Gasteiger partial charge on any atom is -0.481 e. The lowest BCUT2D eigenvalue weighted by Gasteiger charge is -2.30. The van der Waals surface area contributed by atoms with Crippen LogP contribution in [0.15, 0.2) is 0 Å². The molecule has 0 heterocycles. The second-order valence-corrected chi connectivity index (χ2v) is 6.25. The van der Waals surface area contributed by atoms with Crippen LogP contribution in [-0.4, -0.2) is 53.7 Å². The number of carbonyl (C=O) groups is 2. The molecular formula is C15H31N3O3. The molecule has 3 N–H and O–H groups in total. The molecule has 0 aromatic carbocycles. The first-order valence-electron chi connectivity index (χ1n) is 7.65. The lowest BCUT2D eigenvalue weighted by molar-refractivity contribution is -0.147. The van der Waals surface area contributed by atoms with Gasteiger partial charge in [-0.3, -0.25) is 9.69 Å². The minimum atomic E-state index is -0.917. The maximum atomic E-state index is 11.7. The van der Waals surface area contributed by atoms with Crippen molar-refractivity contribution in [1.29, 1.82) is 0 Å². The second kappa shape index (κ2) is 8.87. The van der Waals surface area contributed by atoms with Gasteiger partial charge in [-0.25, -0.2) is 4.79 Å². The predicted octanol–water partition coefficient (Wildman–Crippen LogP) is 1.91. The Kier molecular flexibility index (Phi) is 8.32. The van der Waals surface area contributed by atoms with E-state index in [0.29, 0.717) is 25.0 Å². The van der Waals surface area contributed by atoms with Crippen molar-refractivity contribution in [3.05, 3.63) is 0 Å². The number of hydrogen-bond donors (Lipinski definition) is 3. The van der Waals surface area contributed by atoms with Gasteiger partial charge in [-0.1, -0.05) is 6.92 Å². The maximum Gasteiger partial charge on any atom is 0.314 e. The van der Waals surface area contributed by atoms with Crippen LogP contribution in [0.1, 0.15) is 48.0 Å². The quantitative estimate of drug-likeness (QED) is 0.607. The smallest absolute Gasteiger partial charge is 0.314 e. The summed E-state index contributed by atoms with van der Waals surface area (Å²) in [7, 11) is 0. The van der Waals surface area contributed by atoms with Gasteiger partial charge in [0.15, 0.2) is 0 Å². The zero-order valence-corrected chi connectivity index (χ0v) is 14.2. The van der Waals surface area contributed by atoms with Gasteiger partial charge >= 0.3 is 12.0 Å². The zero-order chi connectivity index (χ0) is 16.6. The molecule has 2 amide bonds. The van der Waals surface area contributed by atoms with Crippen molar-refractivity contribution in [2.24, 2.45) is 5.41 Å². The molecule has 0 aliphatic heterocycles. The molecule has 0 aromatic heterocycles. The largest absolute Gasteiger partial charge is 0.481 e. The first kappa shape index (κ1) is 19.7. The van der Waals surface area contributed by atoms with Crippen molar-refractivity contribution < 1.29 is 14.7 Å². The highest BCUT2D eigenvalue weighted by Crippen LogP contribution is 2.19. The van der Waals surface area contributed by atoms with Crippen molar-refractivity contribution >= 4 is 12.0 Å². The number of aliphatic carboxylic acids is 1. The Labute approximate surface area is 128 Å². The summed E-state index contributed by atoms with van der Waals surface area (Å²) in [6.07, 6.45) is 0.469. The predicted molar refractivity (Wildman–Crippen MR) is 84.4 cm³/mol. The molecule has 6 nitrogen and oxygen atoms in total. The third-order valence-corrected chi connectivity index (χ3v) is 3.92. The van der Waals surface area contributed by atoms with Crippen LogP contribution in [0, 0.1) is 5.41 Å². The van der Waals surface area contributed by atoms with Crippen molar-refractivity contribution in [3.8, 4) is 0 Å². The molecule has 0 aromatic rings. The van der Waals surface area contributed by atoms with Crippen LogP contribution < -0.4 is 10.6 Å². The monoisotopic (exact) mass is 301 g/mol. The Hall–Kier alpha value is -1.30. The van der Waals surface area contributed by atoms with E-state index in [9.17, 15) is 9.59 Å². The highest BCUT2D eigenvalue weighted by Gasteiger charge is 2.31. The Bertz CT molecular complexity index is 337. The van der Waals surface area contributed by atoms with Gasteiger partial charge in [0.25, 0.3) is 0 Å². The van der Waals surface area contributed by atoms with Gasteiger partial charge < -0.3 is 15.7 Å². The lowest BCUT2D eigenvalue weighted by atomic mass is 9.88. The second-order valence-electron chi connectivity index (χ2n) is 6.25. The van der Waals surface area contributed by atoms with Crippen LogP contribution in [0.3, 0.4) is 0 Å². The molecule has 0 radical (unpaired) electrons. The summed E-state index contributed by atoms with van der Waals surface area (Å²) in [5.74, 6) is -0.893. The summed E-state index contributed by atoms with van der Waals surface area (Å²) >= 11 is 0. The fourth-order valence-corrected chi connectivity index (χ4v) is 2.10. The van der Waals surface area contributed by atoms with Gasteiger partial charge in [-0.05, 0) is 41.0 Å². The highest BCUT2D eigenvalue weighted by molar-refractivity contribution is 5.77. The van der Waals surface area contributed by atoms with Gasteiger partial charge in [0.2, 0.25) is 0 Å². The number of carboxylic acids is 1. The molecule has 0 saturated heterocycles. The third kappa shape index (κ3) is 6.80. The third-order valence-electron chi connectivity index (χ3n) is 3.92. The molecule has 6 heteroatoms. The summed E-state index contributed by atoms with van der Waals surface area (Å²) in [4.78, 5) is 25.1. The fourth-order valence-electron chi connectivity index (χ4n) is 2.10. The Morgan fingerprint density at radius 2 is 1.67 bits per heavy atom. The lowest BCUT2D eigenvalue weighted by Crippen LogP contribution is -2.47. The van der Waals surface area contributed by atoms with Crippen molar-refractivity contribution in [2.75, 3.05) is 19.6 Å². The number of nitrogens with one attached hydrogen (secondary N) is 2. The molecular weight excluding hydrogens is 270 g/mol. The molecule has 0 bridgehead atoms. The highest BCUT2D eigenvalue weighted by atomic mass is 16.4. The van der Waals surface area contributed by atoms with Crippen LogP contribution in [0.5, 0.6) is 0 Å². The van der Waals surface area contributed by atoms with E-state index in [1.807, 2.05) is 0 Å². The summed E-state index contributed by atoms with van der Waals surface area (Å²) in [5, 5.41) is 14.6. The SMILES string of the molecule is CCC(C)(CNC(=O)NCCN(C(C)C)C(C)C)C(=O)O. The van der Waals surface area contributed by atoms with Crippen molar-refractivity contribution in [2.45, 2.75) is 60.0 Å². The Morgan fingerprint density at radius 3 is 2.05 bits per heavy atom. The van der Waals surface area contributed by atoms with E-state index in [1.165, 1.54) is 0 Å². The molecule has 0 spiro atoms. The molecule has 0 aliphatic carbocycles. The number of urea groups is 1. The van der Waals surface area contributed by atoms with Crippen LogP contribution in [0.2, 0.25) is 0 Å². The van der Waals surface area contributed by atoms with E-state index in [0.717, 1.165) is 6.54 Å². The summed E-state index contributed by atoms with van der Waals surface area (Å²) < 4.78 is 0. The van der Waals surface area contributed by atoms with Crippen LogP contribution in [0.4, 0.5) is 4.79 Å². The maximum absolute atomic E-state index is 11.7. The van der Waals surface area contributed by atoms with Gasteiger partial charge in [-0.15, -0.1) is 0 Å². The number of hydrogen-bond acceptors (Lipinski definition) is 3. The standard InChI is InChI=1S/C15H31N3O3/c1-7-15(6,13(19)20)10-17-14(21)16-8-9-18(11(2)3)12(4)5/h11-12H,7-10H2,1-6H3,(H,19,20)(H2,16,17,21). The van der Waals surface area contributed by atoms with Gasteiger partial charge in [0, 0.05) is 31.7 Å². The topological polar surface area (TPSA) is 81.7 Å². The number of rotatable bonds is 9. The molecule has 21 heavy (non-hydrogen) atoms. The van der Waals surface area contributed by atoms with Crippen molar-refractivity contribution in [3.63, 3.8) is 0 Å². The molecule has 0 saturated carbocycles. The van der Waals surface area contributed by atoms with Crippen LogP contribution in [-0.2, 0) is 4.79 Å². The Morgan fingerprint density at radius 1 is 1.14 bits per heavy atom. The first-order valence-corrected chi connectivity index (χ1v) is 7.65. The summed E-state index contributed by atoms with van der Waals surface area (Å²) in [5.41, 5.74) is -0.917. The zero-order valence-electron chi connectivity index (χ0n) is 14.2. The van der Waals surface area contributed by atoms with E-state index in [4.69, 9.17) is 5.11 Å². The van der Waals surface area contributed by atoms with Crippen LogP contribution in [0.25, 0.3) is 0 Å². The average Bonchev–Trinajstić information content (AvgIpc) is 2.39. The van der Waals surface area contributed by atoms with E-state index in [2.05, 4.69) is 43.2 Å². The van der Waals surface area contributed by atoms with Crippen LogP contribution >= 0.6 is 0 Å².